The van der Waals surface area contributed by atoms with E-state index in [1.807, 2.05) is 0 Å². The van der Waals surface area contributed by atoms with E-state index in [0.29, 0.717) is 5.56 Å². The van der Waals surface area contributed by atoms with Gasteiger partial charge in [0, 0.05) is 6.42 Å². The number of carbonyl (C=O) groups excluding carboxylic acids is 2. The summed E-state index contributed by atoms with van der Waals surface area (Å²) >= 11 is 0. The van der Waals surface area contributed by atoms with Crippen molar-refractivity contribution in [2.24, 2.45) is 0 Å². The van der Waals surface area contributed by atoms with Gasteiger partial charge in [0.05, 0.1) is 11.6 Å². The normalized spacial score (nSPS) is 11.8. The Hall–Kier alpha value is -3.54. The largest absolute Gasteiger partial charge is 0.445 e. The average Bonchev–Trinajstić information content (AvgIpc) is 2.70. The highest BCUT2D eigenvalue weighted by molar-refractivity contribution is 5.86. The highest BCUT2D eigenvalue weighted by Gasteiger charge is 2.34. The quantitative estimate of drug-likeness (QED) is 0.693. The highest BCUT2D eigenvalue weighted by Crippen LogP contribution is 2.32. The third-order valence-electron chi connectivity index (χ3n) is 3.91. The lowest BCUT2D eigenvalue weighted by Crippen LogP contribution is -2.48. The Morgan fingerprint density at radius 3 is 2.38 bits per heavy atom. The van der Waals surface area contributed by atoms with Crippen LogP contribution in [-0.4, -0.2) is 24.6 Å². The molecule has 6 nitrogen and oxygen atoms in total. The molecule has 2 amide bonds. The molecule has 0 aliphatic rings. The van der Waals surface area contributed by atoms with E-state index in [1.165, 1.54) is 18.2 Å². The van der Waals surface area contributed by atoms with Crippen LogP contribution in [0.5, 0.6) is 0 Å². The standard InChI is InChI=1S/C20H18F3N3O3/c21-20(22,23)16-9-5-4-8-15(16)12-17(18(27)25-11-10-24)26-19(28)29-13-14-6-2-1-3-7-14/h1-9,17H,11-13H2,(H,25,27)(H,26,28)/t17-/m0/s1. The van der Waals surface area contributed by atoms with E-state index in [-0.39, 0.29) is 18.7 Å². The molecule has 0 aromatic heterocycles. The van der Waals surface area contributed by atoms with Gasteiger partial charge < -0.3 is 15.4 Å². The predicted molar refractivity (Wildman–Crippen MR) is 97.3 cm³/mol. The zero-order chi connectivity index (χ0) is 21.3. The SMILES string of the molecule is N#CCNC(=O)[C@H](Cc1ccccc1C(F)(F)F)NC(=O)OCc1ccccc1. The van der Waals surface area contributed by atoms with Crippen LogP contribution in [0, 0.1) is 11.3 Å². The van der Waals surface area contributed by atoms with E-state index in [4.69, 9.17) is 10.00 Å². The van der Waals surface area contributed by atoms with Gasteiger partial charge in [-0.3, -0.25) is 4.79 Å². The maximum Gasteiger partial charge on any atom is 0.416 e. The number of alkyl halides is 3. The number of rotatable bonds is 7. The number of amides is 2. The van der Waals surface area contributed by atoms with Crippen molar-refractivity contribution in [1.82, 2.24) is 10.6 Å². The third-order valence-corrected chi connectivity index (χ3v) is 3.91. The zero-order valence-corrected chi connectivity index (χ0v) is 15.2. The van der Waals surface area contributed by atoms with Crippen LogP contribution in [0.1, 0.15) is 16.7 Å². The summed E-state index contributed by atoms with van der Waals surface area (Å²) in [5.74, 6) is -0.791. The summed E-state index contributed by atoms with van der Waals surface area (Å²) in [4.78, 5) is 24.3. The fourth-order valence-electron chi connectivity index (χ4n) is 2.56. The molecule has 2 aromatic rings. The van der Waals surface area contributed by atoms with Crippen molar-refractivity contribution in [2.45, 2.75) is 25.2 Å². The molecule has 0 saturated heterocycles. The predicted octanol–water partition coefficient (Wildman–Crippen LogP) is 3.18. The number of ether oxygens (including phenoxy) is 1. The van der Waals surface area contributed by atoms with Crippen LogP contribution in [0.2, 0.25) is 0 Å². The molecule has 152 valence electrons. The highest BCUT2D eigenvalue weighted by atomic mass is 19.4. The number of alkyl carbamates (subject to hydrolysis) is 1. The first-order chi connectivity index (χ1) is 13.8. The lowest BCUT2D eigenvalue weighted by molar-refractivity contribution is -0.138. The van der Waals surface area contributed by atoms with Crippen LogP contribution < -0.4 is 10.6 Å². The maximum absolute atomic E-state index is 13.2. The first-order valence-electron chi connectivity index (χ1n) is 8.58. The van der Waals surface area contributed by atoms with Gasteiger partial charge in [-0.1, -0.05) is 48.5 Å². The molecule has 2 N–H and O–H groups in total. The van der Waals surface area contributed by atoms with Crippen molar-refractivity contribution in [2.75, 3.05) is 6.54 Å². The van der Waals surface area contributed by atoms with Crippen molar-refractivity contribution < 1.29 is 27.5 Å². The summed E-state index contributed by atoms with van der Waals surface area (Å²) in [6.45, 7) is -0.421. The summed E-state index contributed by atoms with van der Waals surface area (Å²) in [6.07, 6.45) is -6.00. The minimum atomic E-state index is -4.61. The summed E-state index contributed by atoms with van der Waals surface area (Å²) in [7, 11) is 0. The molecular weight excluding hydrogens is 387 g/mol. The second-order valence-electron chi connectivity index (χ2n) is 5.99. The van der Waals surface area contributed by atoms with Crippen LogP contribution in [-0.2, 0) is 28.7 Å². The maximum atomic E-state index is 13.2. The lowest BCUT2D eigenvalue weighted by atomic mass is 9.99. The number of benzene rings is 2. The first kappa shape index (κ1) is 21.8. The first-order valence-corrected chi connectivity index (χ1v) is 8.58. The van der Waals surface area contributed by atoms with Gasteiger partial charge in [0.25, 0.3) is 0 Å². The molecule has 0 aliphatic heterocycles. The number of nitrogens with zero attached hydrogens (tertiary/aromatic N) is 1. The number of hydrogen-bond acceptors (Lipinski definition) is 4. The minimum Gasteiger partial charge on any atom is -0.445 e. The number of halogens is 3. The monoisotopic (exact) mass is 405 g/mol. The Bertz CT molecular complexity index is 880. The molecule has 0 bridgehead atoms. The average molecular weight is 405 g/mol. The third kappa shape index (κ3) is 6.84. The van der Waals surface area contributed by atoms with E-state index in [1.54, 1.807) is 36.4 Å². The molecule has 0 unspecified atom stereocenters. The van der Waals surface area contributed by atoms with Crippen LogP contribution >= 0.6 is 0 Å². The zero-order valence-electron chi connectivity index (χ0n) is 15.2. The van der Waals surface area contributed by atoms with Crippen LogP contribution in [0.4, 0.5) is 18.0 Å². The molecule has 29 heavy (non-hydrogen) atoms. The Morgan fingerprint density at radius 2 is 1.72 bits per heavy atom. The van der Waals surface area contributed by atoms with Gasteiger partial charge in [-0.15, -0.1) is 0 Å². The molecule has 2 aromatic carbocycles. The summed E-state index contributed by atoms with van der Waals surface area (Å²) in [6, 6.07) is 13.9. The summed E-state index contributed by atoms with van der Waals surface area (Å²) in [5, 5.41) is 13.1. The Balaban J connectivity index is 2.12. The van der Waals surface area contributed by atoms with E-state index < -0.39 is 36.2 Å². The Labute approximate surface area is 165 Å². The number of nitriles is 1. The molecule has 0 aliphatic carbocycles. The molecule has 0 spiro atoms. The van der Waals surface area contributed by atoms with Gasteiger partial charge in [-0.2, -0.15) is 18.4 Å². The van der Waals surface area contributed by atoms with Crippen LogP contribution in [0.25, 0.3) is 0 Å². The summed E-state index contributed by atoms with van der Waals surface area (Å²) < 4.78 is 44.7. The van der Waals surface area contributed by atoms with Gasteiger partial charge >= 0.3 is 12.3 Å². The van der Waals surface area contributed by atoms with Crippen LogP contribution in [0.15, 0.2) is 54.6 Å². The fourth-order valence-corrected chi connectivity index (χ4v) is 2.56. The fraction of sp³-hybridized carbons (Fsp3) is 0.250. The van der Waals surface area contributed by atoms with Crippen LogP contribution in [0.3, 0.4) is 0 Å². The van der Waals surface area contributed by atoms with Gasteiger partial charge in [-0.25, -0.2) is 4.79 Å². The van der Waals surface area contributed by atoms with Crippen molar-refractivity contribution in [1.29, 1.82) is 5.26 Å². The smallest absolute Gasteiger partial charge is 0.416 e. The van der Waals surface area contributed by atoms with E-state index in [9.17, 15) is 22.8 Å². The van der Waals surface area contributed by atoms with Gasteiger partial charge in [-0.05, 0) is 17.2 Å². The molecule has 0 radical (unpaired) electrons. The minimum absolute atomic E-state index is 0.0711. The molecule has 9 heteroatoms. The number of carbonyl (C=O) groups is 2. The second-order valence-corrected chi connectivity index (χ2v) is 5.99. The van der Waals surface area contributed by atoms with E-state index in [2.05, 4.69) is 10.6 Å². The molecular formula is C20H18F3N3O3. The molecule has 0 saturated carbocycles. The molecule has 1 atom stereocenters. The van der Waals surface area contributed by atoms with E-state index >= 15 is 0 Å². The number of nitrogens with one attached hydrogen (secondary N) is 2. The molecule has 0 fully saturated rings. The lowest BCUT2D eigenvalue weighted by Gasteiger charge is -2.20. The van der Waals surface area contributed by atoms with Gasteiger partial charge in [0.2, 0.25) is 5.91 Å². The van der Waals surface area contributed by atoms with Crippen molar-refractivity contribution in [3.05, 3.63) is 71.3 Å². The van der Waals surface area contributed by atoms with Gasteiger partial charge in [0.15, 0.2) is 0 Å². The molecule has 0 heterocycles. The Morgan fingerprint density at radius 1 is 1.07 bits per heavy atom. The van der Waals surface area contributed by atoms with Crippen molar-refractivity contribution in [3.63, 3.8) is 0 Å². The number of hydrogen-bond donors (Lipinski definition) is 2. The summed E-state index contributed by atoms with van der Waals surface area (Å²) in [5.41, 5.74) is -0.367. The van der Waals surface area contributed by atoms with Crippen molar-refractivity contribution in [3.8, 4) is 6.07 Å². The van der Waals surface area contributed by atoms with E-state index in [0.717, 1.165) is 6.07 Å². The van der Waals surface area contributed by atoms with Crippen molar-refractivity contribution >= 4 is 12.0 Å². The topological polar surface area (TPSA) is 91.2 Å². The van der Waals surface area contributed by atoms with Gasteiger partial charge in [0.1, 0.15) is 19.2 Å². The molecule has 2 rings (SSSR count). The Kier molecular flexibility index (Phi) is 7.60. The second kappa shape index (κ2) is 10.1.